The van der Waals surface area contributed by atoms with Gasteiger partial charge < -0.3 is 24.8 Å². The number of aryl methyl sites for hydroxylation is 1. The normalized spacial score (nSPS) is 16.2. The second-order valence-electron chi connectivity index (χ2n) is 11.0. The lowest BCUT2D eigenvalue weighted by molar-refractivity contribution is 0.0689. The summed E-state index contributed by atoms with van der Waals surface area (Å²) in [5, 5.41) is 7.16. The number of nitrogens with zero attached hydrogens (tertiary/aromatic N) is 6. The van der Waals surface area contributed by atoms with E-state index in [2.05, 4.69) is 37.4 Å². The summed E-state index contributed by atoms with van der Waals surface area (Å²) in [6.45, 7) is 6.93. The molecule has 0 amide bonds. The van der Waals surface area contributed by atoms with Crippen LogP contribution in [0.4, 0.5) is 21.7 Å². The summed E-state index contributed by atoms with van der Waals surface area (Å²) in [6, 6.07) is 11.3. The maximum Gasteiger partial charge on any atom is 0.262 e. The fourth-order valence-corrected chi connectivity index (χ4v) is 6.61. The van der Waals surface area contributed by atoms with Crippen LogP contribution in [0.1, 0.15) is 29.5 Å². The van der Waals surface area contributed by atoms with Crippen LogP contribution < -0.4 is 21.1 Å². The van der Waals surface area contributed by atoms with Crippen LogP contribution in [0.2, 0.25) is 0 Å². The van der Waals surface area contributed by atoms with Crippen LogP contribution in [0, 0.1) is 12.7 Å². The van der Waals surface area contributed by atoms with Gasteiger partial charge in [0.2, 0.25) is 5.95 Å². The molecular weight excluding hydrogens is 567 g/mol. The van der Waals surface area contributed by atoms with Crippen LogP contribution >= 0.6 is 11.3 Å². The lowest BCUT2D eigenvalue weighted by Gasteiger charge is -2.29. The summed E-state index contributed by atoms with van der Waals surface area (Å²) in [6.07, 6.45) is 5.63. The van der Waals surface area contributed by atoms with Gasteiger partial charge in [-0.15, -0.1) is 11.3 Å². The van der Waals surface area contributed by atoms with Gasteiger partial charge in [-0.1, -0.05) is 0 Å². The zero-order valence-corrected chi connectivity index (χ0v) is 24.7. The molecule has 2 N–H and O–H groups in total. The number of hydrogen-bond donors (Lipinski definition) is 2. The van der Waals surface area contributed by atoms with Crippen molar-refractivity contribution in [3.8, 4) is 11.3 Å². The number of halogens is 1. The zero-order valence-electron chi connectivity index (χ0n) is 23.9. The molecule has 0 atom stereocenters. The van der Waals surface area contributed by atoms with Crippen LogP contribution in [0.5, 0.6) is 0 Å². The van der Waals surface area contributed by atoms with Gasteiger partial charge in [0.25, 0.3) is 5.56 Å². The number of fused-ring (bicyclic) bond motifs is 1. The monoisotopic (exact) mass is 600 g/mol. The number of benzene rings is 1. The molecule has 0 radical (unpaired) electrons. The molecule has 2 fully saturated rings. The minimum atomic E-state index is -0.304. The number of aromatic nitrogens is 5. The Morgan fingerprint density at radius 3 is 2.74 bits per heavy atom. The molecule has 0 spiro atoms. The maximum absolute atomic E-state index is 15.1. The van der Waals surface area contributed by atoms with Gasteiger partial charge in [0.1, 0.15) is 11.5 Å². The molecule has 4 aromatic heterocycles. The van der Waals surface area contributed by atoms with Gasteiger partial charge >= 0.3 is 0 Å². The summed E-state index contributed by atoms with van der Waals surface area (Å²) >= 11 is 1.51. The lowest BCUT2D eigenvalue weighted by atomic mass is 10.1. The average Bonchev–Trinajstić information content (AvgIpc) is 3.68. The van der Waals surface area contributed by atoms with E-state index in [1.807, 2.05) is 30.0 Å². The number of hydrogen-bond acceptors (Lipinski definition) is 9. The predicted octanol–water partition coefficient (Wildman–Crippen LogP) is 4.72. The van der Waals surface area contributed by atoms with E-state index < -0.39 is 0 Å². The van der Waals surface area contributed by atoms with Gasteiger partial charge in [-0.25, -0.2) is 14.4 Å². The fourth-order valence-electron chi connectivity index (χ4n) is 6.02. The van der Waals surface area contributed by atoms with Crippen LogP contribution in [0.15, 0.2) is 59.1 Å². The molecule has 10 nitrogen and oxygen atoms in total. The van der Waals surface area contributed by atoms with Crippen LogP contribution in [-0.4, -0.2) is 63.5 Å². The van der Waals surface area contributed by atoms with Crippen molar-refractivity contribution in [2.75, 3.05) is 49.6 Å². The molecule has 7 rings (SSSR count). The first-order valence-electron chi connectivity index (χ1n) is 14.6. The minimum Gasteiger partial charge on any atom is -0.381 e. The van der Waals surface area contributed by atoms with Crippen molar-refractivity contribution in [1.29, 1.82) is 0 Å². The maximum atomic E-state index is 15.1. The first-order valence-corrected chi connectivity index (χ1v) is 15.5. The Kier molecular flexibility index (Phi) is 7.64. The lowest BCUT2D eigenvalue weighted by Crippen LogP contribution is -2.43. The van der Waals surface area contributed by atoms with E-state index in [0.717, 1.165) is 68.2 Å². The topological polar surface area (TPSA) is 102 Å². The van der Waals surface area contributed by atoms with Gasteiger partial charge in [-0.3, -0.25) is 9.36 Å². The highest BCUT2D eigenvalue weighted by Gasteiger charge is 2.21. The summed E-state index contributed by atoms with van der Waals surface area (Å²) in [4.78, 5) is 30.9. The number of piperazine rings is 1. The van der Waals surface area contributed by atoms with E-state index in [1.54, 1.807) is 22.3 Å². The van der Waals surface area contributed by atoms with Crippen LogP contribution in [0.3, 0.4) is 0 Å². The van der Waals surface area contributed by atoms with Gasteiger partial charge in [0.05, 0.1) is 29.0 Å². The molecular formula is C31H33FN8O2S. The number of pyridine rings is 1. The largest absolute Gasteiger partial charge is 0.381 e. The Morgan fingerprint density at radius 1 is 1.14 bits per heavy atom. The molecule has 43 heavy (non-hydrogen) atoms. The molecule has 0 aliphatic carbocycles. The third-order valence-corrected chi connectivity index (χ3v) is 9.02. The Balaban J connectivity index is 1.27. The Bertz CT molecular complexity index is 1820. The first-order chi connectivity index (χ1) is 21.0. The van der Waals surface area contributed by atoms with Crippen molar-refractivity contribution in [2.24, 2.45) is 0 Å². The van der Waals surface area contributed by atoms with Crippen molar-refractivity contribution in [3.63, 3.8) is 0 Å². The predicted molar refractivity (Wildman–Crippen MR) is 167 cm³/mol. The van der Waals surface area contributed by atoms with E-state index in [4.69, 9.17) is 9.72 Å². The SMILES string of the molecule is Cc1scnc1-c1cc2cnc(Nc3ccc(N4CCNCC4)c(F)c3)nc2n(Cc2cccn2C2CCOCC2)c1=O. The fraction of sp³-hybridized carbons (Fsp3) is 0.355. The highest BCUT2D eigenvalue weighted by Crippen LogP contribution is 2.28. The van der Waals surface area contributed by atoms with Crippen molar-refractivity contribution in [3.05, 3.63) is 81.0 Å². The molecule has 0 bridgehead atoms. The zero-order chi connectivity index (χ0) is 29.3. The molecule has 222 valence electrons. The third-order valence-electron chi connectivity index (χ3n) is 8.26. The van der Waals surface area contributed by atoms with Crippen molar-refractivity contribution in [2.45, 2.75) is 32.4 Å². The van der Waals surface area contributed by atoms with E-state index in [9.17, 15) is 4.79 Å². The highest BCUT2D eigenvalue weighted by atomic mass is 32.1. The Morgan fingerprint density at radius 2 is 1.98 bits per heavy atom. The number of thiazole rings is 1. The molecule has 2 aliphatic rings. The molecule has 6 heterocycles. The van der Waals surface area contributed by atoms with E-state index in [0.29, 0.717) is 40.9 Å². The highest BCUT2D eigenvalue weighted by molar-refractivity contribution is 7.10. The minimum absolute atomic E-state index is 0.169. The van der Waals surface area contributed by atoms with Crippen molar-refractivity contribution < 1.29 is 9.13 Å². The second kappa shape index (κ2) is 11.9. The number of nitrogens with one attached hydrogen (secondary N) is 2. The van der Waals surface area contributed by atoms with Gasteiger partial charge in [-0.2, -0.15) is 4.98 Å². The van der Waals surface area contributed by atoms with Crippen molar-refractivity contribution >= 4 is 39.7 Å². The quantitative estimate of drug-likeness (QED) is 0.277. The van der Waals surface area contributed by atoms with Crippen LogP contribution in [0.25, 0.3) is 22.3 Å². The molecule has 12 heteroatoms. The standard InChI is InChI=1S/C31H33FN8O2S/c1-20-28(35-19-43-20)25-15-21-17-34-31(36-22-4-5-27(26(32)16-22)38-11-8-33-9-12-38)37-29(21)40(30(25)41)18-24-3-2-10-39(24)23-6-13-42-14-7-23/h2-5,10,15-17,19,23,33H,6-9,11-14,18H2,1H3,(H,34,36,37). The van der Waals surface area contributed by atoms with Crippen LogP contribution in [-0.2, 0) is 11.3 Å². The molecule has 1 aromatic carbocycles. The molecule has 0 saturated carbocycles. The van der Waals surface area contributed by atoms with Gasteiger partial charge in [0, 0.05) is 79.5 Å². The number of anilines is 3. The Hall–Kier alpha value is -4.13. The molecule has 0 unspecified atom stereocenters. The molecule has 2 aliphatic heterocycles. The van der Waals surface area contributed by atoms with Gasteiger partial charge in [0.15, 0.2) is 0 Å². The van der Waals surface area contributed by atoms with E-state index in [1.165, 1.54) is 17.4 Å². The Labute approximate surface area is 252 Å². The summed E-state index contributed by atoms with van der Waals surface area (Å²) in [5.74, 6) is -0.0193. The number of rotatable bonds is 7. The average molecular weight is 601 g/mol. The smallest absolute Gasteiger partial charge is 0.262 e. The van der Waals surface area contributed by atoms with E-state index >= 15 is 4.39 Å². The molecule has 2 saturated heterocycles. The third kappa shape index (κ3) is 5.53. The summed E-state index contributed by atoms with van der Waals surface area (Å²) in [7, 11) is 0. The van der Waals surface area contributed by atoms with E-state index in [-0.39, 0.29) is 17.3 Å². The van der Waals surface area contributed by atoms with Crippen molar-refractivity contribution in [1.82, 2.24) is 29.4 Å². The van der Waals surface area contributed by atoms with Gasteiger partial charge in [-0.05, 0) is 56.2 Å². The summed E-state index contributed by atoms with van der Waals surface area (Å²) < 4.78 is 24.7. The summed E-state index contributed by atoms with van der Waals surface area (Å²) in [5.41, 5.74) is 5.41. The number of ether oxygens (including phenoxy) is 1. The second-order valence-corrected chi connectivity index (χ2v) is 12.0. The first kappa shape index (κ1) is 27.7. The molecule has 5 aromatic rings.